The van der Waals surface area contributed by atoms with E-state index in [-0.39, 0.29) is 24.1 Å². The van der Waals surface area contributed by atoms with Crippen LogP contribution in [0.3, 0.4) is 0 Å². The van der Waals surface area contributed by atoms with E-state index in [0.29, 0.717) is 15.8 Å². The van der Waals surface area contributed by atoms with E-state index in [2.05, 4.69) is 5.32 Å². The largest absolute Gasteiger partial charge is 0.372 e. The zero-order valence-corrected chi connectivity index (χ0v) is 12.6. The van der Waals surface area contributed by atoms with Crippen LogP contribution in [0.4, 0.5) is 10.1 Å². The van der Waals surface area contributed by atoms with Crippen LogP contribution in [0, 0.1) is 9.39 Å². The van der Waals surface area contributed by atoms with Crippen LogP contribution in [0.1, 0.15) is 19.8 Å². The van der Waals surface area contributed by atoms with Crippen LogP contribution in [0.15, 0.2) is 18.2 Å². The van der Waals surface area contributed by atoms with Gasteiger partial charge >= 0.3 is 0 Å². The molecule has 1 saturated heterocycles. The summed E-state index contributed by atoms with van der Waals surface area (Å²) in [6, 6.07) is 3.75. The van der Waals surface area contributed by atoms with E-state index in [9.17, 15) is 14.0 Å². The molecule has 2 amide bonds. The normalized spacial score (nSPS) is 19.1. The van der Waals surface area contributed by atoms with Gasteiger partial charge in [0.15, 0.2) is 0 Å². The van der Waals surface area contributed by atoms with Gasteiger partial charge in [0.2, 0.25) is 5.91 Å². The fourth-order valence-electron chi connectivity index (χ4n) is 2.05. The highest BCUT2D eigenvalue weighted by Crippen LogP contribution is 2.23. The van der Waals surface area contributed by atoms with Crippen molar-refractivity contribution in [3.8, 4) is 0 Å². The first kappa shape index (κ1) is 14.2. The molecule has 0 bridgehead atoms. The fourth-order valence-corrected chi connectivity index (χ4v) is 2.68. The van der Waals surface area contributed by atoms with Gasteiger partial charge in [0.25, 0.3) is 5.91 Å². The molecule has 1 aliphatic rings. The average Bonchev–Trinajstić information content (AvgIpc) is 2.61. The smallest absolute Gasteiger partial charge is 0.252 e. The van der Waals surface area contributed by atoms with Crippen molar-refractivity contribution in [2.45, 2.75) is 25.8 Å². The lowest BCUT2D eigenvalue weighted by Gasteiger charge is -2.15. The maximum atomic E-state index is 13.0. The van der Waals surface area contributed by atoms with E-state index < -0.39 is 6.04 Å². The Bertz CT molecular complexity index is 521. The number of hydrogen-bond donors (Lipinski definition) is 1. The van der Waals surface area contributed by atoms with Crippen LogP contribution >= 0.6 is 22.6 Å². The van der Waals surface area contributed by atoms with Crippen LogP contribution in [-0.4, -0.2) is 29.3 Å². The molecule has 4 nitrogen and oxygen atoms in total. The lowest BCUT2D eigenvalue weighted by Crippen LogP contribution is -2.35. The maximum Gasteiger partial charge on any atom is 0.252 e. The Labute approximate surface area is 124 Å². The molecule has 1 aromatic carbocycles. The second-order valence-electron chi connectivity index (χ2n) is 4.41. The van der Waals surface area contributed by atoms with Gasteiger partial charge in [-0.3, -0.25) is 14.5 Å². The van der Waals surface area contributed by atoms with Gasteiger partial charge in [0.1, 0.15) is 11.9 Å². The highest BCUT2D eigenvalue weighted by Gasteiger charge is 2.38. The van der Waals surface area contributed by atoms with Crippen molar-refractivity contribution in [3.05, 3.63) is 27.6 Å². The Hall–Kier alpha value is -1.18. The molecule has 1 fully saturated rings. The fraction of sp³-hybridized carbons (Fsp3) is 0.385. The highest BCUT2D eigenvalue weighted by atomic mass is 127. The SMILES string of the molecule is CCCN1C(=O)CC(Nc2ccc(F)cc2I)C1=O. The van der Waals surface area contributed by atoms with Crippen LogP contribution < -0.4 is 5.32 Å². The lowest BCUT2D eigenvalue weighted by atomic mass is 10.2. The van der Waals surface area contributed by atoms with Gasteiger partial charge in [-0.1, -0.05) is 6.92 Å². The molecule has 1 aliphatic heterocycles. The Kier molecular flexibility index (Phi) is 4.38. The van der Waals surface area contributed by atoms with Crippen molar-refractivity contribution in [2.24, 2.45) is 0 Å². The number of anilines is 1. The minimum Gasteiger partial charge on any atom is -0.372 e. The number of likely N-dealkylation sites (tertiary alicyclic amines) is 1. The van der Waals surface area contributed by atoms with Crippen molar-refractivity contribution in [2.75, 3.05) is 11.9 Å². The van der Waals surface area contributed by atoms with Gasteiger partial charge in [-0.05, 0) is 47.2 Å². The Balaban J connectivity index is 2.12. The highest BCUT2D eigenvalue weighted by molar-refractivity contribution is 14.1. The molecule has 1 heterocycles. The molecule has 6 heteroatoms. The second kappa shape index (κ2) is 5.85. The monoisotopic (exact) mass is 376 g/mol. The first-order chi connectivity index (χ1) is 9.02. The number of halogens is 2. The molecular formula is C13H14FIN2O2. The second-order valence-corrected chi connectivity index (χ2v) is 5.57. The molecule has 1 atom stereocenters. The summed E-state index contributed by atoms with van der Waals surface area (Å²) in [5.74, 6) is -0.676. The first-order valence-electron chi connectivity index (χ1n) is 6.08. The number of carbonyl (C=O) groups excluding carboxylic acids is 2. The topological polar surface area (TPSA) is 49.4 Å². The number of rotatable bonds is 4. The molecule has 0 aromatic heterocycles. The summed E-state index contributed by atoms with van der Waals surface area (Å²) < 4.78 is 13.7. The third-order valence-electron chi connectivity index (χ3n) is 2.95. The lowest BCUT2D eigenvalue weighted by molar-refractivity contribution is -0.138. The number of amides is 2. The van der Waals surface area contributed by atoms with Crippen LogP contribution in [-0.2, 0) is 9.59 Å². The predicted molar refractivity (Wildman–Crippen MR) is 78.2 cm³/mol. The predicted octanol–water partition coefficient (Wildman–Crippen LogP) is 2.38. The van der Waals surface area contributed by atoms with Gasteiger partial charge < -0.3 is 5.32 Å². The average molecular weight is 376 g/mol. The minimum absolute atomic E-state index is 0.151. The summed E-state index contributed by atoms with van der Waals surface area (Å²) in [4.78, 5) is 25.1. The Morgan fingerprint density at radius 2 is 2.21 bits per heavy atom. The first-order valence-corrected chi connectivity index (χ1v) is 7.16. The number of nitrogens with one attached hydrogen (secondary N) is 1. The molecule has 0 spiro atoms. The third kappa shape index (κ3) is 3.05. The number of carbonyl (C=O) groups is 2. The Morgan fingerprint density at radius 1 is 1.47 bits per heavy atom. The van der Waals surface area contributed by atoms with Crippen LogP contribution in [0.5, 0.6) is 0 Å². The van der Waals surface area contributed by atoms with Gasteiger partial charge in [-0.2, -0.15) is 0 Å². The van der Waals surface area contributed by atoms with Gasteiger partial charge in [0, 0.05) is 15.8 Å². The molecule has 0 aliphatic carbocycles. The molecule has 19 heavy (non-hydrogen) atoms. The van der Waals surface area contributed by atoms with Crippen molar-refractivity contribution in [1.29, 1.82) is 0 Å². The number of hydrogen-bond acceptors (Lipinski definition) is 3. The minimum atomic E-state index is -0.543. The summed E-state index contributed by atoms with van der Waals surface area (Å²) >= 11 is 1.99. The van der Waals surface area contributed by atoms with E-state index >= 15 is 0 Å². The van der Waals surface area contributed by atoms with E-state index in [1.807, 2.05) is 29.5 Å². The molecule has 1 N–H and O–H groups in total. The van der Waals surface area contributed by atoms with Crippen molar-refractivity contribution in [3.63, 3.8) is 0 Å². The Morgan fingerprint density at radius 3 is 2.84 bits per heavy atom. The summed E-state index contributed by atoms with van der Waals surface area (Å²) in [6.07, 6.45) is 0.907. The maximum absolute atomic E-state index is 13.0. The van der Waals surface area contributed by atoms with E-state index in [1.54, 1.807) is 6.07 Å². The molecular weight excluding hydrogens is 362 g/mol. The van der Waals surface area contributed by atoms with Crippen molar-refractivity contribution >= 4 is 40.1 Å². The molecule has 102 valence electrons. The summed E-state index contributed by atoms with van der Waals surface area (Å²) in [5, 5.41) is 3.02. The summed E-state index contributed by atoms with van der Waals surface area (Å²) in [7, 11) is 0. The number of benzene rings is 1. The van der Waals surface area contributed by atoms with Gasteiger partial charge in [-0.15, -0.1) is 0 Å². The number of imide groups is 1. The van der Waals surface area contributed by atoms with Gasteiger partial charge in [-0.25, -0.2) is 4.39 Å². The molecule has 0 radical (unpaired) electrons. The third-order valence-corrected chi connectivity index (χ3v) is 3.84. The van der Waals surface area contributed by atoms with Crippen molar-refractivity contribution < 1.29 is 14.0 Å². The van der Waals surface area contributed by atoms with Crippen molar-refractivity contribution in [1.82, 2.24) is 4.90 Å². The van der Waals surface area contributed by atoms with Crippen LogP contribution in [0.2, 0.25) is 0 Å². The summed E-state index contributed by atoms with van der Waals surface area (Å²) in [5.41, 5.74) is 0.673. The summed E-state index contributed by atoms with van der Waals surface area (Å²) in [6.45, 7) is 2.38. The van der Waals surface area contributed by atoms with E-state index in [4.69, 9.17) is 0 Å². The molecule has 0 saturated carbocycles. The molecule has 1 unspecified atom stereocenters. The molecule has 1 aromatic rings. The molecule has 2 rings (SSSR count). The number of nitrogens with zero attached hydrogens (tertiary/aromatic N) is 1. The zero-order valence-electron chi connectivity index (χ0n) is 10.5. The van der Waals surface area contributed by atoms with Crippen LogP contribution in [0.25, 0.3) is 0 Å². The standard InChI is InChI=1S/C13H14FIN2O2/c1-2-5-17-12(18)7-11(13(17)19)16-10-4-3-8(14)6-9(10)15/h3-4,6,11,16H,2,5,7H2,1H3. The zero-order chi connectivity index (χ0) is 14.0. The quantitative estimate of drug-likeness (QED) is 0.649. The van der Waals surface area contributed by atoms with Gasteiger partial charge in [0.05, 0.1) is 6.42 Å². The van der Waals surface area contributed by atoms with E-state index in [1.165, 1.54) is 17.0 Å². The van der Waals surface area contributed by atoms with E-state index in [0.717, 1.165) is 6.42 Å².